The van der Waals surface area contributed by atoms with Gasteiger partial charge in [0.15, 0.2) is 5.79 Å². The average Bonchev–Trinajstić information content (AvgIpc) is 2.03. The van der Waals surface area contributed by atoms with Crippen molar-refractivity contribution >= 4 is 0 Å². The topological polar surface area (TPSA) is 40.5 Å². The first kappa shape index (κ1) is 10.2. The molecule has 0 saturated carbocycles. The molecule has 2 nitrogen and oxygen atoms in total. The zero-order chi connectivity index (χ0) is 10.1. The van der Waals surface area contributed by atoms with E-state index in [2.05, 4.69) is 0 Å². The molecule has 0 aliphatic carbocycles. The molecule has 0 heterocycles. The van der Waals surface area contributed by atoms with Gasteiger partial charge in [-0.25, -0.2) is 0 Å². The molecule has 0 fully saturated rings. The molecule has 0 spiro atoms. The van der Waals surface area contributed by atoms with Crippen LogP contribution in [0, 0.1) is 0 Å². The van der Waals surface area contributed by atoms with Gasteiger partial charge in [-0.15, -0.1) is 0 Å². The molecule has 1 aromatic rings. The van der Waals surface area contributed by atoms with Gasteiger partial charge in [0.2, 0.25) is 0 Å². The summed E-state index contributed by atoms with van der Waals surface area (Å²) in [7, 11) is 0. The maximum atomic E-state index is 9.47. The third kappa shape index (κ3) is 2.29. The average molecular weight is 180 g/mol. The summed E-state index contributed by atoms with van der Waals surface area (Å²) in [5, 5.41) is 18.9. The van der Waals surface area contributed by atoms with Gasteiger partial charge in [-0.3, -0.25) is 0 Å². The minimum atomic E-state index is -1.74. The summed E-state index contributed by atoms with van der Waals surface area (Å²) in [6, 6.07) is 7.39. The molecule has 0 aliphatic rings. The van der Waals surface area contributed by atoms with E-state index in [0.717, 1.165) is 5.56 Å². The van der Waals surface area contributed by atoms with Crippen LogP contribution in [0.15, 0.2) is 24.3 Å². The molecule has 72 valence electrons. The van der Waals surface area contributed by atoms with Crippen molar-refractivity contribution in [2.45, 2.75) is 32.5 Å². The highest BCUT2D eigenvalue weighted by atomic mass is 16.5. The van der Waals surface area contributed by atoms with Crippen molar-refractivity contribution in [1.29, 1.82) is 0 Å². The molecule has 2 heteroatoms. The number of rotatable bonds is 2. The lowest BCUT2D eigenvalue weighted by Crippen LogP contribution is -2.22. The Morgan fingerprint density at radius 3 is 2.08 bits per heavy atom. The van der Waals surface area contributed by atoms with Gasteiger partial charge in [-0.1, -0.05) is 38.1 Å². The second-order valence-electron chi connectivity index (χ2n) is 3.76. The van der Waals surface area contributed by atoms with E-state index in [4.69, 9.17) is 0 Å². The van der Waals surface area contributed by atoms with Crippen LogP contribution < -0.4 is 0 Å². The summed E-state index contributed by atoms with van der Waals surface area (Å²) < 4.78 is 0. The molecule has 0 aliphatic heterocycles. The summed E-state index contributed by atoms with van der Waals surface area (Å²) in [6.45, 7) is 5.45. The van der Waals surface area contributed by atoms with E-state index in [9.17, 15) is 10.2 Å². The van der Waals surface area contributed by atoms with Crippen LogP contribution >= 0.6 is 0 Å². The normalized spacial score (nSPS) is 12.2. The van der Waals surface area contributed by atoms with Crippen molar-refractivity contribution in [3.05, 3.63) is 35.4 Å². The second-order valence-corrected chi connectivity index (χ2v) is 3.76. The Hall–Kier alpha value is -0.860. The SMILES string of the molecule is CC(C)c1ccccc1C(C)(O)O. The third-order valence-corrected chi connectivity index (χ3v) is 2.09. The molecule has 0 saturated heterocycles. The molecule has 0 amide bonds. The highest BCUT2D eigenvalue weighted by molar-refractivity contribution is 5.32. The van der Waals surface area contributed by atoms with E-state index >= 15 is 0 Å². The van der Waals surface area contributed by atoms with Gasteiger partial charge < -0.3 is 10.2 Å². The Morgan fingerprint density at radius 1 is 1.15 bits per heavy atom. The summed E-state index contributed by atoms with van der Waals surface area (Å²) >= 11 is 0. The Kier molecular flexibility index (Phi) is 2.74. The molecule has 0 unspecified atom stereocenters. The summed E-state index contributed by atoms with van der Waals surface area (Å²) in [6.07, 6.45) is 0. The summed E-state index contributed by atoms with van der Waals surface area (Å²) in [5.74, 6) is -1.43. The predicted molar refractivity (Wildman–Crippen MR) is 52.3 cm³/mol. The van der Waals surface area contributed by atoms with E-state index in [1.54, 1.807) is 6.07 Å². The molecule has 1 rings (SSSR count). The van der Waals surface area contributed by atoms with Gasteiger partial charge in [0.05, 0.1) is 0 Å². The van der Waals surface area contributed by atoms with E-state index in [1.165, 1.54) is 6.92 Å². The Morgan fingerprint density at radius 2 is 1.69 bits per heavy atom. The zero-order valence-electron chi connectivity index (χ0n) is 8.28. The number of aliphatic hydroxyl groups is 2. The van der Waals surface area contributed by atoms with Gasteiger partial charge in [0, 0.05) is 5.56 Å². The maximum absolute atomic E-state index is 9.47. The Labute approximate surface area is 78.8 Å². The van der Waals surface area contributed by atoms with Crippen molar-refractivity contribution in [1.82, 2.24) is 0 Å². The molecule has 0 aromatic heterocycles. The highest BCUT2D eigenvalue weighted by Gasteiger charge is 2.22. The van der Waals surface area contributed by atoms with E-state index in [-0.39, 0.29) is 0 Å². The summed E-state index contributed by atoms with van der Waals surface area (Å²) in [4.78, 5) is 0. The molecule has 0 atom stereocenters. The van der Waals surface area contributed by atoms with Crippen LogP contribution in [0.1, 0.15) is 37.8 Å². The highest BCUT2D eigenvalue weighted by Crippen LogP contribution is 2.26. The molecule has 0 bridgehead atoms. The van der Waals surface area contributed by atoms with Crippen LogP contribution in [0.3, 0.4) is 0 Å². The van der Waals surface area contributed by atoms with Gasteiger partial charge in [-0.05, 0) is 18.4 Å². The zero-order valence-corrected chi connectivity index (χ0v) is 8.28. The Balaban J connectivity index is 3.20. The molecule has 13 heavy (non-hydrogen) atoms. The second kappa shape index (κ2) is 3.48. The Bertz CT molecular complexity index is 284. The smallest absolute Gasteiger partial charge is 0.187 e. The first-order valence-electron chi connectivity index (χ1n) is 4.47. The summed E-state index contributed by atoms with van der Waals surface area (Å²) in [5.41, 5.74) is 1.57. The fraction of sp³-hybridized carbons (Fsp3) is 0.455. The lowest BCUT2D eigenvalue weighted by molar-refractivity contribution is -0.153. The van der Waals surface area contributed by atoms with Crippen LogP contribution in [0.25, 0.3) is 0 Å². The van der Waals surface area contributed by atoms with E-state index in [1.807, 2.05) is 32.0 Å². The third-order valence-electron chi connectivity index (χ3n) is 2.09. The predicted octanol–water partition coefficient (Wildman–Crippen LogP) is 1.97. The van der Waals surface area contributed by atoms with Crippen LogP contribution in [-0.4, -0.2) is 10.2 Å². The van der Waals surface area contributed by atoms with Gasteiger partial charge in [-0.2, -0.15) is 0 Å². The maximum Gasteiger partial charge on any atom is 0.187 e. The lowest BCUT2D eigenvalue weighted by atomic mass is 9.93. The van der Waals surface area contributed by atoms with Crippen molar-refractivity contribution in [3.8, 4) is 0 Å². The number of hydrogen-bond acceptors (Lipinski definition) is 2. The quantitative estimate of drug-likeness (QED) is 0.683. The first-order chi connectivity index (χ1) is 5.93. The van der Waals surface area contributed by atoms with Crippen LogP contribution in [0.5, 0.6) is 0 Å². The molecule has 1 aromatic carbocycles. The van der Waals surface area contributed by atoms with Gasteiger partial charge in [0.1, 0.15) is 0 Å². The standard InChI is InChI=1S/C11H16O2/c1-8(2)9-6-4-5-7-10(9)11(3,12)13/h4-8,12-13H,1-3H3. The minimum absolute atomic E-state index is 0.301. The number of benzene rings is 1. The van der Waals surface area contributed by atoms with Crippen LogP contribution in [-0.2, 0) is 5.79 Å². The lowest BCUT2D eigenvalue weighted by Gasteiger charge is -2.21. The van der Waals surface area contributed by atoms with Crippen LogP contribution in [0.2, 0.25) is 0 Å². The monoisotopic (exact) mass is 180 g/mol. The van der Waals surface area contributed by atoms with Crippen molar-refractivity contribution in [2.75, 3.05) is 0 Å². The fourth-order valence-corrected chi connectivity index (χ4v) is 1.43. The fourth-order valence-electron chi connectivity index (χ4n) is 1.43. The van der Waals surface area contributed by atoms with E-state index in [0.29, 0.717) is 11.5 Å². The molecular weight excluding hydrogens is 164 g/mol. The van der Waals surface area contributed by atoms with Gasteiger partial charge >= 0.3 is 0 Å². The van der Waals surface area contributed by atoms with Crippen molar-refractivity contribution in [3.63, 3.8) is 0 Å². The molecule has 2 N–H and O–H groups in total. The largest absolute Gasteiger partial charge is 0.362 e. The van der Waals surface area contributed by atoms with E-state index < -0.39 is 5.79 Å². The van der Waals surface area contributed by atoms with Crippen molar-refractivity contribution in [2.24, 2.45) is 0 Å². The van der Waals surface area contributed by atoms with Gasteiger partial charge in [0.25, 0.3) is 0 Å². The molecule has 0 radical (unpaired) electrons. The molecular formula is C11H16O2. The van der Waals surface area contributed by atoms with Crippen LogP contribution in [0.4, 0.5) is 0 Å². The van der Waals surface area contributed by atoms with Crippen molar-refractivity contribution < 1.29 is 10.2 Å². The number of hydrogen-bond donors (Lipinski definition) is 2. The first-order valence-corrected chi connectivity index (χ1v) is 4.47. The minimum Gasteiger partial charge on any atom is -0.362 e.